The number of nitrogens with zero attached hydrogens (tertiary/aromatic N) is 3. The molecule has 0 bridgehead atoms. The minimum atomic E-state index is 0.254. The Morgan fingerprint density at radius 2 is 2.17 bits per heavy atom. The summed E-state index contributed by atoms with van der Waals surface area (Å²) in [5.74, 6) is 2.83. The van der Waals surface area contributed by atoms with Crippen molar-refractivity contribution in [2.45, 2.75) is 25.1 Å². The number of aliphatic imine (C=N–C) groups is 1. The molecule has 2 heterocycles. The molecule has 0 unspecified atom stereocenters. The summed E-state index contributed by atoms with van der Waals surface area (Å²) in [5, 5.41) is 7.56. The van der Waals surface area contributed by atoms with Gasteiger partial charge in [-0.3, -0.25) is 4.99 Å². The van der Waals surface area contributed by atoms with E-state index < -0.39 is 0 Å². The lowest BCUT2D eigenvalue weighted by atomic mass is 10.1. The lowest BCUT2D eigenvalue weighted by Gasteiger charge is -2.39. The topological polar surface area (TPSA) is 53.7 Å². The minimum Gasteiger partial charge on any atom is -0.356 e. The molecule has 1 aliphatic heterocycles. The molecule has 0 saturated carbocycles. The standard InChI is InChI=1S/C18H24N4OS/c1-18(2)13-22(9-10-24-18)17(19-3)20-12-15-11-16(23-21-15)14-7-5-4-6-8-14/h4-8,11H,9-10,12-13H2,1-3H3,(H,19,20). The van der Waals surface area contributed by atoms with Crippen molar-refractivity contribution < 1.29 is 4.52 Å². The second kappa shape index (κ2) is 7.30. The molecule has 128 valence electrons. The van der Waals surface area contributed by atoms with Gasteiger partial charge >= 0.3 is 0 Å². The first-order valence-electron chi connectivity index (χ1n) is 8.18. The maximum absolute atomic E-state index is 5.45. The van der Waals surface area contributed by atoms with E-state index in [9.17, 15) is 0 Å². The zero-order chi connectivity index (χ0) is 17.0. The molecular formula is C18H24N4OS. The van der Waals surface area contributed by atoms with Gasteiger partial charge in [0.05, 0.1) is 6.54 Å². The molecule has 0 spiro atoms. The van der Waals surface area contributed by atoms with Gasteiger partial charge in [-0.05, 0) is 13.8 Å². The van der Waals surface area contributed by atoms with Crippen LogP contribution in [0.4, 0.5) is 0 Å². The van der Waals surface area contributed by atoms with E-state index >= 15 is 0 Å². The smallest absolute Gasteiger partial charge is 0.194 e. The SMILES string of the molecule is CN=C(NCc1cc(-c2ccccc2)on1)N1CCSC(C)(C)C1. The highest BCUT2D eigenvalue weighted by molar-refractivity contribution is 8.00. The van der Waals surface area contributed by atoms with Gasteiger partial charge in [-0.1, -0.05) is 35.5 Å². The predicted molar refractivity (Wildman–Crippen MR) is 100 cm³/mol. The van der Waals surface area contributed by atoms with E-state index in [-0.39, 0.29) is 4.75 Å². The number of thioether (sulfide) groups is 1. The molecule has 0 radical (unpaired) electrons. The maximum atomic E-state index is 5.45. The summed E-state index contributed by atoms with van der Waals surface area (Å²) in [4.78, 5) is 6.74. The number of nitrogens with one attached hydrogen (secondary N) is 1. The van der Waals surface area contributed by atoms with Gasteiger partial charge in [-0.2, -0.15) is 11.8 Å². The summed E-state index contributed by atoms with van der Waals surface area (Å²) in [6.07, 6.45) is 0. The van der Waals surface area contributed by atoms with Crippen molar-refractivity contribution in [3.05, 3.63) is 42.1 Å². The molecule has 5 nitrogen and oxygen atoms in total. The van der Waals surface area contributed by atoms with Crippen LogP contribution in [0.2, 0.25) is 0 Å². The zero-order valence-electron chi connectivity index (χ0n) is 14.5. The molecule has 0 aliphatic carbocycles. The predicted octanol–water partition coefficient (Wildman–Crippen LogP) is 3.24. The average molecular weight is 344 g/mol. The first kappa shape index (κ1) is 16.9. The fourth-order valence-electron chi connectivity index (χ4n) is 2.83. The summed E-state index contributed by atoms with van der Waals surface area (Å²) in [6, 6.07) is 12.0. The Bertz CT molecular complexity index is 696. The van der Waals surface area contributed by atoms with Crippen LogP contribution < -0.4 is 5.32 Å². The molecule has 1 fully saturated rings. The van der Waals surface area contributed by atoms with Gasteiger partial charge in [0.1, 0.15) is 5.69 Å². The van der Waals surface area contributed by atoms with Gasteiger partial charge in [-0.15, -0.1) is 0 Å². The second-order valence-corrected chi connectivity index (χ2v) is 8.28. The summed E-state index contributed by atoms with van der Waals surface area (Å²) >= 11 is 2.02. The Labute approximate surface area is 147 Å². The molecule has 1 saturated heterocycles. The van der Waals surface area contributed by atoms with Crippen molar-refractivity contribution in [2.75, 3.05) is 25.9 Å². The van der Waals surface area contributed by atoms with Crippen LogP contribution in [-0.2, 0) is 6.54 Å². The van der Waals surface area contributed by atoms with Crippen LogP contribution in [0.1, 0.15) is 19.5 Å². The van der Waals surface area contributed by atoms with E-state index in [0.717, 1.165) is 41.8 Å². The minimum absolute atomic E-state index is 0.254. The third kappa shape index (κ3) is 4.12. The number of benzene rings is 1. The van der Waals surface area contributed by atoms with Gasteiger partial charge in [0.25, 0.3) is 0 Å². The summed E-state index contributed by atoms with van der Waals surface area (Å²) in [5.41, 5.74) is 1.91. The number of rotatable bonds is 3. The van der Waals surface area contributed by atoms with E-state index in [2.05, 4.69) is 34.2 Å². The van der Waals surface area contributed by atoms with E-state index in [0.29, 0.717) is 6.54 Å². The van der Waals surface area contributed by atoms with Crippen molar-refractivity contribution in [1.29, 1.82) is 0 Å². The van der Waals surface area contributed by atoms with Gasteiger partial charge < -0.3 is 14.7 Å². The van der Waals surface area contributed by atoms with Crippen LogP contribution in [0.15, 0.2) is 45.9 Å². The van der Waals surface area contributed by atoms with Crippen LogP contribution in [0.5, 0.6) is 0 Å². The maximum Gasteiger partial charge on any atom is 0.194 e. The first-order valence-corrected chi connectivity index (χ1v) is 9.16. The highest BCUT2D eigenvalue weighted by atomic mass is 32.2. The van der Waals surface area contributed by atoms with Gasteiger partial charge in [0.2, 0.25) is 0 Å². The van der Waals surface area contributed by atoms with Gasteiger partial charge in [0.15, 0.2) is 11.7 Å². The highest BCUT2D eigenvalue weighted by Crippen LogP contribution is 2.29. The number of hydrogen-bond acceptors (Lipinski definition) is 4. The van der Waals surface area contributed by atoms with Crippen molar-refractivity contribution >= 4 is 17.7 Å². The lowest BCUT2D eigenvalue weighted by molar-refractivity contribution is 0.374. The Morgan fingerprint density at radius 3 is 2.88 bits per heavy atom. The molecule has 24 heavy (non-hydrogen) atoms. The first-order chi connectivity index (χ1) is 11.6. The molecular weight excluding hydrogens is 320 g/mol. The molecule has 0 atom stereocenters. The summed E-state index contributed by atoms with van der Waals surface area (Å²) in [7, 11) is 1.83. The molecule has 1 aliphatic rings. The average Bonchev–Trinajstić information content (AvgIpc) is 3.04. The molecule has 1 N–H and O–H groups in total. The van der Waals surface area contributed by atoms with E-state index in [1.54, 1.807) is 0 Å². The number of guanidine groups is 1. The largest absolute Gasteiger partial charge is 0.356 e. The normalized spacial score (nSPS) is 17.8. The Morgan fingerprint density at radius 1 is 1.38 bits per heavy atom. The van der Waals surface area contributed by atoms with Crippen molar-refractivity contribution in [1.82, 2.24) is 15.4 Å². The van der Waals surface area contributed by atoms with Crippen molar-refractivity contribution in [3.8, 4) is 11.3 Å². The van der Waals surface area contributed by atoms with E-state index in [1.807, 2.05) is 55.2 Å². The summed E-state index contributed by atoms with van der Waals surface area (Å²) < 4.78 is 5.70. The van der Waals surface area contributed by atoms with E-state index in [4.69, 9.17) is 4.52 Å². The molecule has 0 amide bonds. The molecule has 6 heteroatoms. The van der Waals surface area contributed by atoms with Crippen LogP contribution in [0, 0.1) is 0 Å². The highest BCUT2D eigenvalue weighted by Gasteiger charge is 2.28. The van der Waals surface area contributed by atoms with Crippen molar-refractivity contribution in [2.24, 2.45) is 4.99 Å². The third-order valence-corrected chi connectivity index (χ3v) is 5.28. The van der Waals surface area contributed by atoms with Crippen LogP contribution >= 0.6 is 11.8 Å². The molecule has 1 aromatic heterocycles. The number of aromatic nitrogens is 1. The van der Waals surface area contributed by atoms with Crippen LogP contribution in [0.25, 0.3) is 11.3 Å². The molecule has 2 aromatic rings. The lowest BCUT2D eigenvalue weighted by Crippen LogP contribution is -2.50. The van der Waals surface area contributed by atoms with Gasteiger partial charge in [-0.25, -0.2) is 0 Å². The molecule has 3 rings (SSSR count). The van der Waals surface area contributed by atoms with Crippen LogP contribution in [0.3, 0.4) is 0 Å². The molecule has 1 aromatic carbocycles. The third-order valence-electron chi connectivity index (χ3n) is 3.98. The van der Waals surface area contributed by atoms with Crippen LogP contribution in [-0.4, -0.2) is 46.7 Å². The Kier molecular flexibility index (Phi) is 5.14. The Balaban J connectivity index is 1.61. The summed E-state index contributed by atoms with van der Waals surface area (Å²) in [6.45, 7) is 7.17. The zero-order valence-corrected chi connectivity index (χ0v) is 15.3. The quantitative estimate of drug-likeness (QED) is 0.684. The number of hydrogen-bond donors (Lipinski definition) is 1. The van der Waals surface area contributed by atoms with Crippen molar-refractivity contribution in [3.63, 3.8) is 0 Å². The fraction of sp³-hybridized carbons (Fsp3) is 0.444. The Hall–Kier alpha value is -1.95. The van der Waals surface area contributed by atoms with Gasteiger partial charge in [0, 0.05) is 42.3 Å². The monoisotopic (exact) mass is 344 g/mol. The fourth-order valence-corrected chi connectivity index (χ4v) is 3.94. The van der Waals surface area contributed by atoms with E-state index in [1.165, 1.54) is 0 Å². The second-order valence-electron chi connectivity index (χ2n) is 6.48.